The number of hydrogen-bond acceptors (Lipinski definition) is 5. The molecule has 5 heteroatoms. The standard InChI is InChI=1S/C15H17NO4/c17-10-16-15(6-1-2-7-15)13-11(18)4-5-12-14(13)20-9-3-8-19-12/h4-5,18H,1-3,6-9H2. The molecule has 3 rings (SSSR count). The summed E-state index contributed by atoms with van der Waals surface area (Å²) in [5, 5.41) is 10.3. The van der Waals surface area contributed by atoms with E-state index in [4.69, 9.17) is 9.47 Å². The van der Waals surface area contributed by atoms with Gasteiger partial charge >= 0.3 is 0 Å². The Morgan fingerprint density at radius 3 is 2.65 bits per heavy atom. The third-order valence-electron chi connectivity index (χ3n) is 4.05. The summed E-state index contributed by atoms with van der Waals surface area (Å²) in [5.41, 5.74) is -0.136. The third kappa shape index (κ3) is 2.04. The van der Waals surface area contributed by atoms with Crippen LogP contribution in [-0.4, -0.2) is 24.4 Å². The Hall–Kier alpha value is -2.00. The lowest BCUT2D eigenvalue weighted by Crippen LogP contribution is -2.20. The van der Waals surface area contributed by atoms with E-state index in [-0.39, 0.29) is 5.75 Å². The first-order chi connectivity index (χ1) is 9.77. The Balaban J connectivity index is 2.18. The van der Waals surface area contributed by atoms with E-state index >= 15 is 0 Å². The van der Waals surface area contributed by atoms with E-state index in [1.807, 2.05) is 0 Å². The second-order valence-corrected chi connectivity index (χ2v) is 5.28. The fraction of sp³-hybridized carbons (Fsp3) is 0.533. The lowest BCUT2D eigenvalue weighted by Gasteiger charge is -2.26. The number of rotatable bonds is 2. The number of aromatic hydroxyl groups is 1. The van der Waals surface area contributed by atoms with Crippen LogP contribution in [-0.2, 0) is 10.3 Å². The number of aliphatic imine (C=N–C) groups is 1. The Morgan fingerprint density at radius 1 is 1.15 bits per heavy atom. The molecule has 0 spiro atoms. The Morgan fingerprint density at radius 2 is 1.90 bits per heavy atom. The second-order valence-electron chi connectivity index (χ2n) is 5.28. The second kappa shape index (κ2) is 5.17. The highest BCUT2D eigenvalue weighted by atomic mass is 16.5. The Labute approximate surface area is 117 Å². The normalized spacial score (nSPS) is 20.0. The molecule has 0 saturated heterocycles. The van der Waals surface area contributed by atoms with Gasteiger partial charge in [0.15, 0.2) is 11.5 Å². The highest BCUT2D eigenvalue weighted by Gasteiger charge is 2.41. The van der Waals surface area contributed by atoms with Gasteiger partial charge in [0, 0.05) is 6.42 Å². The summed E-state index contributed by atoms with van der Waals surface area (Å²) in [6.45, 7) is 1.12. The maximum Gasteiger partial charge on any atom is 0.235 e. The number of phenolic OH excluding ortho intramolecular Hbond substituents is 1. The summed E-state index contributed by atoms with van der Waals surface area (Å²) in [4.78, 5) is 14.9. The average Bonchev–Trinajstić information content (AvgIpc) is 2.77. The molecule has 20 heavy (non-hydrogen) atoms. The van der Waals surface area contributed by atoms with E-state index in [1.165, 1.54) is 0 Å². The molecular weight excluding hydrogens is 258 g/mol. The van der Waals surface area contributed by atoms with Crippen molar-refractivity contribution < 1.29 is 19.4 Å². The molecule has 5 nitrogen and oxygen atoms in total. The first kappa shape index (κ1) is 13.0. The quantitative estimate of drug-likeness (QED) is 0.665. The van der Waals surface area contributed by atoms with Crippen LogP contribution in [0.3, 0.4) is 0 Å². The van der Waals surface area contributed by atoms with Crippen LogP contribution < -0.4 is 9.47 Å². The number of benzene rings is 1. The Bertz CT molecular complexity index is 557. The van der Waals surface area contributed by atoms with Crippen molar-refractivity contribution in [1.29, 1.82) is 0 Å². The lowest BCUT2D eigenvalue weighted by atomic mass is 9.87. The smallest absolute Gasteiger partial charge is 0.235 e. The molecule has 0 radical (unpaired) electrons. The summed E-state index contributed by atoms with van der Waals surface area (Å²) < 4.78 is 11.4. The molecule has 1 N–H and O–H groups in total. The molecule has 1 heterocycles. The van der Waals surface area contributed by atoms with Crippen LogP contribution in [0.5, 0.6) is 17.2 Å². The number of fused-ring (bicyclic) bond motifs is 1. The third-order valence-corrected chi connectivity index (χ3v) is 4.05. The van der Waals surface area contributed by atoms with Crippen molar-refractivity contribution in [2.75, 3.05) is 13.2 Å². The van der Waals surface area contributed by atoms with E-state index in [0.717, 1.165) is 32.1 Å². The fourth-order valence-corrected chi connectivity index (χ4v) is 3.14. The zero-order chi connectivity index (χ0) is 14.0. The zero-order valence-electron chi connectivity index (χ0n) is 11.2. The minimum Gasteiger partial charge on any atom is -0.507 e. The van der Waals surface area contributed by atoms with Gasteiger partial charge in [-0.3, -0.25) is 0 Å². The highest BCUT2D eigenvalue weighted by Crippen LogP contribution is 2.52. The van der Waals surface area contributed by atoms with Gasteiger partial charge in [0.2, 0.25) is 6.08 Å². The van der Waals surface area contributed by atoms with Gasteiger partial charge in [0.25, 0.3) is 0 Å². The largest absolute Gasteiger partial charge is 0.507 e. The molecule has 1 fully saturated rings. The van der Waals surface area contributed by atoms with Crippen LogP contribution in [0.25, 0.3) is 0 Å². The molecule has 2 aliphatic rings. The average molecular weight is 275 g/mol. The van der Waals surface area contributed by atoms with Gasteiger partial charge in [-0.05, 0) is 25.0 Å². The molecule has 1 aliphatic heterocycles. The predicted molar refractivity (Wildman–Crippen MR) is 72.0 cm³/mol. The molecule has 1 aromatic rings. The van der Waals surface area contributed by atoms with E-state index in [0.29, 0.717) is 30.3 Å². The summed E-state index contributed by atoms with van der Waals surface area (Å²) in [5.74, 6) is 1.25. The van der Waals surface area contributed by atoms with Crippen molar-refractivity contribution in [3.8, 4) is 17.2 Å². The summed E-state index contributed by atoms with van der Waals surface area (Å²) in [6.07, 6.45) is 5.83. The molecule has 0 unspecified atom stereocenters. The number of isocyanates is 1. The van der Waals surface area contributed by atoms with Gasteiger partial charge in [-0.25, -0.2) is 4.79 Å². The van der Waals surface area contributed by atoms with E-state index in [1.54, 1.807) is 18.2 Å². The van der Waals surface area contributed by atoms with Crippen LogP contribution in [0, 0.1) is 0 Å². The molecule has 1 aromatic carbocycles. The number of carbonyl (C=O) groups excluding carboxylic acids is 1. The van der Waals surface area contributed by atoms with Crippen LogP contribution in [0.15, 0.2) is 17.1 Å². The monoisotopic (exact) mass is 275 g/mol. The van der Waals surface area contributed by atoms with Crippen molar-refractivity contribution in [3.63, 3.8) is 0 Å². The topological polar surface area (TPSA) is 68.1 Å². The number of phenols is 1. The summed E-state index contributed by atoms with van der Waals surface area (Å²) in [7, 11) is 0. The van der Waals surface area contributed by atoms with Crippen molar-refractivity contribution in [1.82, 2.24) is 0 Å². The minimum absolute atomic E-state index is 0.107. The van der Waals surface area contributed by atoms with Gasteiger partial charge in [0.05, 0.1) is 18.8 Å². The van der Waals surface area contributed by atoms with Crippen LogP contribution in [0.1, 0.15) is 37.7 Å². The van der Waals surface area contributed by atoms with Crippen LogP contribution in [0.2, 0.25) is 0 Å². The van der Waals surface area contributed by atoms with Gasteiger partial charge in [-0.15, -0.1) is 0 Å². The van der Waals surface area contributed by atoms with Gasteiger partial charge in [-0.2, -0.15) is 4.99 Å². The van der Waals surface area contributed by atoms with Crippen LogP contribution >= 0.6 is 0 Å². The Kier molecular flexibility index (Phi) is 3.36. The van der Waals surface area contributed by atoms with E-state index < -0.39 is 5.54 Å². The fourth-order valence-electron chi connectivity index (χ4n) is 3.14. The number of ether oxygens (including phenoxy) is 2. The molecule has 106 valence electrons. The molecule has 0 aromatic heterocycles. The molecule has 0 bridgehead atoms. The molecular formula is C15H17NO4. The van der Waals surface area contributed by atoms with Crippen molar-refractivity contribution in [3.05, 3.63) is 17.7 Å². The molecule has 1 saturated carbocycles. The molecule has 0 atom stereocenters. The maximum atomic E-state index is 10.8. The zero-order valence-corrected chi connectivity index (χ0v) is 11.2. The van der Waals surface area contributed by atoms with Crippen molar-refractivity contribution in [2.45, 2.75) is 37.6 Å². The minimum atomic E-state index is -0.717. The highest BCUT2D eigenvalue weighted by molar-refractivity contribution is 5.58. The van der Waals surface area contributed by atoms with Crippen LogP contribution in [0.4, 0.5) is 0 Å². The summed E-state index contributed by atoms with van der Waals surface area (Å²) >= 11 is 0. The van der Waals surface area contributed by atoms with E-state index in [9.17, 15) is 9.90 Å². The predicted octanol–water partition coefficient (Wildman–Crippen LogP) is 2.66. The molecule has 0 amide bonds. The first-order valence-corrected chi connectivity index (χ1v) is 6.98. The van der Waals surface area contributed by atoms with Gasteiger partial charge in [-0.1, -0.05) is 12.8 Å². The maximum absolute atomic E-state index is 10.8. The van der Waals surface area contributed by atoms with Gasteiger partial charge < -0.3 is 14.6 Å². The SMILES string of the molecule is O=C=NC1(c2c(O)ccc3c2OCCCO3)CCCC1. The number of hydrogen-bond donors (Lipinski definition) is 1. The molecule has 1 aliphatic carbocycles. The van der Waals surface area contributed by atoms with E-state index in [2.05, 4.69) is 4.99 Å². The first-order valence-electron chi connectivity index (χ1n) is 6.98. The van der Waals surface area contributed by atoms with Crippen molar-refractivity contribution >= 4 is 6.08 Å². The van der Waals surface area contributed by atoms with Crippen molar-refractivity contribution in [2.24, 2.45) is 4.99 Å². The van der Waals surface area contributed by atoms with Gasteiger partial charge in [0.1, 0.15) is 11.3 Å². The lowest BCUT2D eigenvalue weighted by molar-refractivity contribution is 0.291. The summed E-state index contributed by atoms with van der Waals surface area (Å²) in [6, 6.07) is 3.29. The number of nitrogens with zero attached hydrogens (tertiary/aromatic N) is 1.